The van der Waals surface area contributed by atoms with Crippen LogP contribution in [0.3, 0.4) is 0 Å². The molecule has 36 valence electrons. The lowest BCUT2D eigenvalue weighted by Crippen LogP contribution is -1.90. The Kier molecular flexibility index (Phi) is 1.75. The van der Waals surface area contributed by atoms with Crippen LogP contribution in [0.1, 0.15) is 6.42 Å². The molecule has 0 aromatic heterocycles. The van der Waals surface area contributed by atoms with Gasteiger partial charge in [-0.3, -0.25) is 0 Å². The van der Waals surface area contributed by atoms with E-state index in [1.54, 1.807) is 0 Å². The first-order valence-electron chi connectivity index (χ1n) is 2.19. The fraction of sp³-hybridized carbons (Fsp3) is 0.333. The Morgan fingerprint density at radius 2 is 2.57 bits per heavy atom. The fourth-order valence-electron chi connectivity index (χ4n) is 0.436. The second-order valence-corrected chi connectivity index (χ2v) is 3.00. The van der Waals surface area contributed by atoms with Crippen LogP contribution in [0.2, 0.25) is 0 Å². The summed E-state index contributed by atoms with van der Waals surface area (Å²) in [5.41, 5.74) is 0. The summed E-state index contributed by atoms with van der Waals surface area (Å²) in [6.45, 7) is 0. The van der Waals surface area contributed by atoms with Crippen LogP contribution in [0.15, 0.2) is 12.2 Å². The molecule has 0 fully saturated rings. The fourth-order valence-corrected chi connectivity index (χ4v) is 0.864. The molecule has 0 saturated heterocycles. The second-order valence-electron chi connectivity index (χ2n) is 1.40. The largest absolute Gasteiger partial charge is 0.0971 e. The number of allylic oxidation sites excluding steroid dienone is 2. The summed E-state index contributed by atoms with van der Waals surface area (Å²) < 4.78 is 0.652. The molecule has 0 aromatic rings. The summed E-state index contributed by atoms with van der Waals surface area (Å²) in [4.78, 5) is 0. The van der Waals surface area contributed by atoms with Crippen LogP contribution in [0, 0.1) is 11.8 Å². The molecule has 1 heteroatoms. The molecule has 1 aliphatic carbocycles. The number of rotatable bonds is 0. The van der Waals surface area contributed by atoms with Crippen molar-refractivity contribution in [2.45, 2.75) is 10.3 Å². The highest BCUT2D eigenvalue weighted by Gasteiger charge is 1.95. The average Bonchev–Trinajstić information content (AvgIpc) is 1.69. The maximum Gasteiger partial charge on any atom is 0.0408 e. The van der Waals surface area contributed by atoms with Crippen LogP contribution in [0.5, 0.6) is 0 Å². The molecule has 0 heterocycles. The van der Waals surface area contributed by atoms with Gasteiger partial charge < -0.3 is 0 Å². The molecule has 0 radical (unpaired) electrons. The van der Waals surface area contributed by atoms with E-state index in [4.69, 9.17) is 0 Å². The molecule has 1 rings (SSSR count). The van der Waals surface area contributed by atoms with E-state index in [0.29, 0.717) is 3.92 Å². The first-order chi connectivity index (χ1) is 3.39. The van der Waals surface area contributed by atoms with Crippen molar-refractivity contribution in [3.05, 3.63) is 12.2 Å². The van der Waals surface area contributed by atoms with Crippen LogP contribution in [-0.2, 0) is 0 Å². The third kappa shape index (κ3) is 1.52. The summed E-state index contributed by atoms with van der Waals surface area (Å²) in [6.07, 6.45) is 5.06. The Hall–Kier alpha value is 0.0300. The molecular formula is C6H5I. The highest BCUT2D eigenvalue weighted by Crippen LogP contribution is 2.08. The highest BCUT2D eigenvalue weighted by molar-refractivity contribution is 14.1. The Morgan fingerprint density at radius 1 is 1.71 bits per heavy atom. The van der Waals surface area contributed by atoms with Gasteiger partial charge in [0.2, 0.25) is 0 Å². The zero-order valence-corrected chi connectivity index (χ0v) is 5.97. The van der Waals surface area contributed by atoms with E-state index in [1.807, 2.05) is 6.08 Å². The van der Waals surface area contributed by atoms with Gasteiger partial charge in [0.15, 0.2) is 0 Å². The Morgan fingerprint density at radius 3 is 2.86 bits per heavy atom. The van der Waals surface area contributed by atoms with E-state index in [0.717, 1.165) is 6.42 Å². The minimum Gasteiger partial charge on any atom is -0.0971 e. The second kappa shape index (κ2) is 2.37. The quantitative estimate of drug-likeness (QED) is 0.320. The van der Waals surface area contributed by atoms with Crippen LogP contribution in [0.25, 0.3) is 0 Å². The van der Waals surface area contributed by atoms with Gasteiger partial charge in [-0.15, -0.1) is 0 Å². The maximum atomic E-state index is 2.99. The van der Waals surface area contributed by atoms with E-state index in [1.165, 1.54) is 0 Å². The van der Waals surface area contributed by atoms with Gasteiger partial charge in [0, 0.05) is 10.3 Å². The zero-order valence-electron chi connectivity index (χ0n) is 3.82. The average molecular weight is 204 g/mol. The Labute approximate surface area is 57.1 Å². The minimum absolute atomic E-state index is 0.652. The van der Waals surface area contributed by atoms with Gasteiger partial charge in [-0.2, -0.15) is 0 Å². The molecule has 0 spiro atoms. The highest BCUT2D eigenvalue weighted by atomic mass is 127. The van der Waals surface area contributed by atoms with Gasteiger partial charge in [0.05, 0.1) is 0 Å². The van der Waals surface area contributed by atoms with Crippen molar-refractivity contribution < 1.29 is 0 Å². The minimum atomic E-state index is 0.652. The maximum absolute atomic E-state index is 2.99. The lowest BCUT2D eigenvalue weighted by molar-refractivity contribution is 1.14. The van der Waals surface area contributed by atoms with Crippen molar-refractivity contribution in [3.63, 3.8) is 0 Å². The molecule has 0 saturated carbocycles. The van der Waals surface area contributed by atoms with Crippen LogP contribution in [-0.4, -0.2) is 3.92 Å². The zero-order chi connectivity index (χ0) is 5.11. The van der Waals surface area contributed by atoms with E-state index in [9.17, 15) is 0 Å². The van der Waals surface area contributed by atoms with Crippen molar-refractivity contribution >= 4 is 22.6 Å². The number of hydrogen-bond acceptors (Lipinski definition) is 0. The van der Waals surface area contributed by atoms with Crippen molar-refractivity contribution in [1.29, 1.82) is 0 Å². The van der Waals surface area contributed by atoms with Crippen molar-refractivity contribution in [2.24, 2.45) is 0 Å². The van der Waals surface area contributed by atoms with Crippen molar-refractivity contribution in [3.8, 4) is 11.8 Å². The van der Waals surface area contributed by atoms with Gasteiger partial charge in [-0.1, -0.05) is 40.5 Å². The normalized spacial score (nSPS) is 26.1. The summed E-state index contributed by atoms with van der Waals surface area (Å²) in [5.74, 6) is 5.87. The van der Waals surface area contributed by atoms with E-state index < -0.39 is 0 Å². The van der Waals surface area contributed by atoms with E-state index >= 15 is 0 Å². The number of halogens is 1. The van der Waals surface area contributed by atoms with Crippen molar-refractivity contribution in [2.75, 3.05) is 0 Å². The SMILES string of the molecule is IC1C=CC#CC1. The summed E-state index contributed by atoms with van der Waals surface area (Å²) in [7, 11) is 0. The predicted molar refractivity (Wildman–Crippen MR) is 39.3 cm³/mol. The van der Waals surface area contributed by atoms with E-state index in [2.05, 4.69) is 40.5 Å². The first-order valence-corrected chi connectivity index (χ1v) is 3.43. The van der Waals surface area contributed by atoms with Crippen molar-refractivity contribution in [1.82, 2.24) is 0 Å². The molecule has 0 aliphatic heterocycles. The monoisotopic (exact) mass is 204 g/mol. The van der Waals surface area contributed by atoms with Gasteiger partial charge in [-0.05, 0) is 6.08 Å². The topological polar surface area (TPSA) is 0 Å². The lowest BCUT2D eigenvalue weighted by Gasteiger charge is -1.96. The van der Waals surface area contributed by atoms with Crippen LogP contribution >= 0.6 is 22.6 Å². The summed E-state index contributed by atoms with van der Waals surface area (Å²) >= 11 is 2.37. The molecule has 1 atom stereocenters. The van der Waals surface area contributed by atoms with Crippen LogP contribution < -0.4 is 0 Å². The molecule has 0 amide bonds. The Balaban J connectivity index is 2.58. The standard InChI is InChI=1S/C6H5I/c7-6-4-2-1-3-5-6/h2,4,6H,5H2. The number of alkyl halides is 1. The molecule has 1 aliphatic rings. The van der Waals surface area contributed by atoms with Gasteiger partial charge in [-0.25, -0.2) is 0 Å². The third-order valence-corrected chi connectivity index (χ3v) is 1.64. The predicted octanol–water partition coefficient (Wildman–Crippen LogP) is 1.75. The first kappa shape index (κ1) is 5.17. The third-order valence-electron chi connectivity index (χ3n) is 0.788. The smallest absolute Gasteiger partial charge is 0.0408 e. The van der Waals surface area contributed by atoms with Gasteiger partial charge in [0.1, 0.15) is 0 Å². The van der Waals surface area contributed by atoms with Gasteiger partial charge >= 0.3 is 0 Å². The molecule has 7 heavy (non-hydrogen) atoms. The molecule has 0 bridgehead atoms. The molecule has 0 aromatic carbocycles. The molecule has 0 N–H and O–H groups in total. The lowest BCUT2D eigenvalue weighted by atomic mass is 10.2. The van der Waals surface area contributed by atoms with Gasteiger partial charge in [0.25, 0.3) is 0 Å². The summed E-state index contributed by atoms with van der Waals surface area (Å²) in [6, 6.07) is 0. The Bertz CT molecular complexity index is 136. The van der Waals surface area contributed by atoms with E-state index in [-0.39, 0.29) is 0 Å². The molecular weight excluding hydrogens is 199 g/mol. The van der Waals surface area contributed by atoms with Crippen LogP contribution in [0.4, 0.5) is 0 Å². The number of hydrogen-bond donors (Lipinski definition) is 0. The summed E-state index contributed by atoms with van der Waals surface area (Å²) in [5, 5.41) is 0. The molecule has 0 nitrogen and oxygen atoms in total. The molecule has 1 unspecified atom stereocenters.